The number of rotatable bonds is 5. The van der Waals surface area contributed by atoms with E-state index in [2.05, 4.69) is 17.1 Å². The number of anilines is 2. The van der Waals surface area contributed by atoms with E-state index in [1.165, 1.54) is 18.6 Å². The number of hydrogen-bond donors (Lipinski definition) is 1. The molecule has 1 aliphatic rings. The van der Waals surface area contributed by atoms with E-state index in [4.69, 9.17) is 9.72 Å². The maximum Gasteiger partial charge on any atom is 0.262 e. The molecule has 0 spiro atoms. The number of carbonyl (C=O) groups excluding carboxylic acids is 1. The summed E-state index contributed by atoms with van der Waals surface area (Å²) in [5.41, 5.74) is 0.862. The molecule has 1 fully saturated rings. The summed E-state index contributed by atoms with van der Waals surface area (Å²) in [6.07, 6.45) is 2.41. The molecular weight excluding hydrogens is 369 g/mol. The minimum Gasteiger partial charge on any atom is -0.481 e. The standard InChI is InChI=1S/C23H24FN3O2/c1-16-6-5-13-27(14-16)21-12-11-17-7-4-10-20(23(17)26-21)29-15-22(28)25-19-9-3-2-8-18(19)24/h2-4,7-12,16H,5-6,13-15H2,1H3,(H,25,28). The van der Waals surface area contributed by atoms with Gasteiger partial charge in [-0.3, -0.25) is 4.79 Å². The molecule has 2 heterocycles. The summed E-state index contributed by atoms with van der Waals surface area (Å²) in [5, 5.41) is 3.48. The van der Waals surface area contributed by atoms with Gasteiger partial charge < -0.3 is 15.0 Å². The van der Waals surface area contributed by atoms with E-state index in [0.717, 1.165) is 36.2 Å². The van der Waals surface area contributed by atoms with Gasteiger partial charge in [-0.1, -0.05) is 31.2 Å². The topological polar surface area (TPSA) is 54.5 Å². The van der Waals surface area contributed by atoms with Crippen molar-refractivity contribution in [2.24, 2.45) is 5.92 Å². The predicted octanol–water partition coefficient (Wildman–Crippen LogP) is 4.63. The molecule has 1 N–H and O–H groups in total. The minimum atomic E-state index is -0.479. The van der Waals surface area contributed by atoms with Crippen molar-refractivity contribution in [2.75, 3.05) is 29.9 Å². The van der Waals surface area contributed by atoms with Crippen molar-refractivity contribution in [2.45, 2.75) is 19.8 Å². The Balaban J connectivity index is 1.50. The number of halogens is 1. The summed E-state index contributed by atoms with van der Waals surface area (Å²) in [4.78, 5) is 19.3. The van der Waals surface area contributed by atoms with Crippen molar-refractivity contribution in [3.8, 4) is 5.75 Å². The van der Waals surface area contributed by atoms with Gasteiger partial charge in [0.25, 0.3) is 5.91 Å². The Morgan fingerprint density at radius 3 is 2.90 bits per heavy atom. The highest BCUT2D eigenvalue weighted by molar-refractivity contribution is 5.92. The first-order valence-electron chi connectivity index (χ1n) is 9.92. The highest BCUT2D eigenvalue weighted by Gasteiger charge is 2.18. The Kier molecular flexibility index (Phi) is 5.60. The zero-order chi connectivity index (χ0) is 20.2. The SMILES string of the molecule is CC1CCCN(c2ccc3cccc(OCC(=O)Nc4ccccc4F)c3n2)C1. The molecule has 29 heavy (non-hydrogen) atoms. The summed E-state index contributed by atoms with van der Waals surface area (Å²) >= 11 is 0. The highest BCUT2D eigenvalue weighted by Crippen LogP contribution is 2.28. The van der Waals surface area contributed by atoms with Crippen LogP contribution in [0.15, 0.2) is 54.6 Å². The number of amides is 1. The first kappa shape index (κ1) is 19.2. The number of aromatic nitrogens is 1. The summed E-state index contributed by atoms with van der Waals surface area (Å²) in [6, 6.07) is 15.8. The second kappa shape index (κ2) is 8.47. The van der Waals surface area contributed by atoms with Gasteiger partial charge in [0.05, 0.1) is 5.69 Å². The normalized spacial score (nSPS) is 16.6. The zero-order valence-electron chi connectivity index (χ0n) is 16.4. The molecule has 1 atom stereocenters. The van der Waals surface area contributed by atoms with Crippen LogP contribution in [0.3, 0.4) is 0 Å². The third kappa shape index (κ3) is 4.47. The van der Waals surface area contributed by atoms with Crippen molar-refractivity contribution < 1.29 is 13.9 Å². The highest BCUT2D eigenvalue weighted by atomic mass is 19.1. The number of fused-ring (bicyclic) bond motifs is 1. The van der Waals surface area contributed by atoms with Crippen LogP contribution < -0.4 is 15.0 Å². The van der Waals surface area contributed by atoms with Crippen LogP contribution in [0.2, 0.25) is 0 Å². The Morgan fingerprint density at radius 1 is 1.21 bits per heavy atom. The molecule has 1 amide bonds. The average molecular weight is 393 g/mol. The smallest absolute Gasteiger partial charge is 0.262 e. The number of carbonyl (C=O) groups is 1. The van der Waals surface area contributed by atoms with Crippen LogP contribution >= 0.6 is 0 Å². The largest absolute Gasteiger partial charge is 0.481 e. The third-order valence-electron chi connectivity index (χ3n) is 5.16. The molecule has 6 heteroatoms. The lowest BCUT2D eigenvalue weighted by molar-refractivity contribution is -0.118. The van der Waals surface area contributed by atoms with Gasteiger partial charge in [0.15, 0.2) is 6.61 Å². The summed E-state index contributed by atoms with van der Waals surface area (Å²) in [7, 11) is 0. The van der Waals surface area contributed by atoms with E-state index in [1.54, 1.807) is 18.2 Å². The Morgan fingerprint density at radius 2 is 2.07 bits per heavy atom. The fourth-order valence-electron chi connectivity index (χ4n) is 3.69. The van der Waals surface area contributed by atoms with E-state index in [1.807, 2.05) is 24.3 Å². The zero-order valence-corrected chi connectivity index (χ0v) is 16.4. The molecule has 4 rings (SSSR count). The lowest BCUT2D eigenvalue weighted by Crippen LogP contribution is -2.34. The molecule has 1 unspecified atom stereocenters. The van der Waals surface area contributed by atoms with Crippen LogP contribution in [-0.4, -0.2) is 30.6 Å². The van der Waals surface area contributed by atoms with Crippen molar-refractivity contribution in [1.82, 2.24) is 4.98 Å². The number of ether oxygens (including phenoxy) is 1. The minimum absolute atomic E-state index is 0.138. The van der Waals surface area contributed by atoms with Crippen LogP contribution in [-0.2, 0) is 4.79 Å². The molecule has 0 aliphatic carbocycles. The van der Waals surface area contributed by atoms with Crippen LogP contribution in [0.1, 0.15) is 19.8 Å². The number of nitrogens with zero attached hydrogens (tertiary/aromatic N) is 2. The number of pyridine rings is 1. The van der Waals surface area contributed by atoms with Gasteiger partial charge >= 0.3 is 0 Å². The quantitative estimate of drug-likeness (QED) is 0.687. The van der Waals surface area contributed by atoms with Gasteiger partial charge in [-0.05, 0) is 49.1 Å². The Hall–Kier alpha value is -3.15. The first-order chi connectivity index (χ1) is 14.1. The average Bonchev–Trinajstić information content (AvgIpc) is 2.73. The molecule has 0 saturated carbocycles. The van der Waals surface area contributed by atoms with Crippen LogP contribution in [0.25, 0.3) is 10.9 Å². The van der Waals surface area contributed by atoms with Crippen molar-refractivity contribution in [3.63, 3.8) is 0 Å². The van der Waals surface area contributed by atoms with Crippen LogP contribution in [0.5, 0.6) is 5.75 Å². The lowest BCUT2D eigenvalue weighted by Gasteiger charge is -2.32. The number of para-hydroxylation sites is 2. The molecular formula is C23H24FN3O2. The fourth-order valence-corrected chi connectivity index (χ4v) is 3.69. The summed E-state index contributed by atoms with van der Waals surface area (Å²) in [6.45, 7) is 4.03. The van der Waals surface area contributed by atoms with Gasteiger partial charge in [-0.15, -0.1) is 0 Å². The van der Waals surface area contributed by atoms with Gasteiger partial charge in [-0.2, -0.15) is 0 Å². The molecule has 2 aromatic carbocycles. The van der Waals surface area contributed by atoms with Gasteiger partial charge in [0.1, 0.15) is 22.9 Å². The van der Waals surface area contributed by atoms with E-state index in [0.29, 0.717) is 11.7 Å². The second-order valence-corrected chi connectivity index (χ2v) is 7.51. The maximum atomic E-state index is 13.7. The van der Waals surface area contributed by atoms with E-state index in [9.17, 15) is 9.18 Å². The molecule has 1 aromatic heterocycles. The van der Waals surface area contributed by atoms with E-state index >= 15 is 0 Å². The number of hydrogen-bond acceptors (Lipinski definition) is 4. The van der Waals surface area contributed by atoms with Gasteiger partial charge in [0, 0.05) is 18.5 Å². The number of benzene rings is 2. The van der Waals surface area contributed by atoms with E-state index in [-0.39, 0.29) is 12.3 Å². The van der Waals surface area contributed by atoms with Crippen molar-refractivity contribution in [3.05, 3.63) is 60.4 Å². The molecule has 1 aliphatic heterocycles. The van der Waals surface area contributed by atoms with Crippen molar-refractivity contribution in [1.29, 1.82) is 0 Å². The van der Waals surface area contributed by atoms with Gasteiger partial charge in [-0.25, -0.2) is 9.37 Å². The van der Waals surface area contributed by atoms with Crippen LogP contribution in [0, 0.1) is 11.7 Å². The molecule has 3 aromatic rings. The third-order valence-corrected chi connectivity index (χ3v) is 5.16. The number of nitrogens with one attached hydrogen (secondary N) is 1. The summed E-state index contributed by atoms with van der Waals surface area (Å²) in [5.74, 6) is 1.21. The monoisotopic (exact) mass is 393 g/mol. The predicted molar refractivity (Wildman–Crippen MR) is 113 cm³/mol. The van der Waals surface area contributed by atoms with Crippen molar-refractivity contribution >= 4 is 28.3 Å². The first-order valence-corrected chi connectivity index (χ1v) is 9.92. The van der Waals surface area contributed by atoms with E-state index < -0.39 is 11.7 Å². The molecule has 0 radical (unpaired) electrons. The number of piperidine rings is 1. The molecule has 0 bridgehead atoms. The molecule has 5 nitrogen and oxygen atoms in total. The lowest BCUT2D eigenvalue weighted by atomic mass is 10.0. The second-order valence-electron chi connectivity index (χ2n) is 7.51. The molecule has 150 valence electrons. The Bertz CT molecular complexity index is 1020. The fraction of sp³-hybridized carbons (Fsp3) is 0.304. The molecule has 1 saturated heterocycles. The maximum absolute atomic E-state index is 13.7. The Labute approximate surface area is 169 Å². The summed E-state index contributed by atoms with van der Waals surface area (Å²) < 4.78 is 19.4. The van der Waals surface area contributed by atoms with Gasteiger partial charge in [0.2, 0.25) is 0 Å². The van der Waals surface area contributed by atoms with Crippen LogP contribution in [0.4, 0.5) is 15.9 Å².